The molecule has 0 aliphatic rings. The Morgan fingerprint density at radius 1 is 1.10 bits per heavy atom. The van der Waals surface area contributed by atoms with E-state index in [9.17, 15) is 5.11 Å². The van der Waals surface area contributed by atoms with Gasteiger partial charge in [0.15, 0.2) is 0 Å². The van der Waals surface area contributed by atoms with Crippen LogP contribution in [0, 0.1) is 13.8 Å². The summed E-state index contributed by atoms with van der Waals surface area (Å²) in [5.41, 5.74) is 3.34. The normalized spacial score (nSPS) is 12.0. The fraction of sp³-hybridized carbons (Fsp3) is 0.294. The van der Waals surface area contributed by atoms with Crippen LogP contribution in [-0.4, -0.2) is 24.4 Å². The van der Waals surface area contributed by atoms with Gasteiger partial charge in [0.05, 0.1) is 0 Å². The maximum Gasteiger partial charge on any atom is 0.119 e. The summed E-state index contributed by atoms with van der Waals surface area (Å²) in [5.74, 6) is 0.774. The van der Waals surface area contributed by atoms with Crippen LogP contribution in [0.2, 0.25) is 0 Å². The molecule has 0 bridgehead atoms. The Balaban J connectivity index is 1.80. The quantitative estimate of drug-likeness (QED) is 0.830. The number of nitrogens with one attached hydrogen (secondary N) is 1. The smallest absolute Gasteiger partial charge is 0.119 e. The van der Waals surface area contributed by atoms with Gasteiger partial charge in [0.2, 0.25) is 0 Å². The van der Waals surface area contributed by atoms with Gasteiger partial charge >= 0.3 is 0 Å². The number of benzene rings is 2. The van der Waals surface area contributed by atoms with Crippen molar-refractivity contribution in [1.82, 2.24) is 0 Å². The molecule has 2 aromatic carbocycles. The summed E-state index contributed by atoms with van der Waals surface area (Å²) in [6.45, 7) is 4.77. The SMILES string of the molecule is Cc1ccc(OCC(O)CNc2cc(C)ccc2Br)cc1. The molecule has 0 radical (unpaired) electrons. The molecule has 0 spiro atoms. The van der Waals surface area contributed by atoms with Crippen LogP contribution in [0.1, 0.15) is 11.1 Å². The van der Waals surface area contributed by atoms with Gasteiger partial charge in [0.1, 0.15) is 18.5 Å². The van der Waals surface area contributed by atoms with Gasteiger partial charge in [-0.25, -0.2) is 0 Å². The Labute approximate surface area is 134 Å². The minimum absolute atomic E-state index is 0.263. The van der Waals surface area contributed by atoms with Crippen LogP contribution in [0.25, 0.3) is 0 Å². The number of hydrogen-bond donors (Lipinski definition) is 2. The maximum atomic E-state index is 9.98. The second-order valence-electron chi connectivity index (χ2n) is 5.14. The molecular formula is C17H20BrNO2. The lowest BCUT2D eigenvalue weighted by molar-refractivity contribution is 0.117. The molecule has 0 aromatic heterocycles. The van der Waals surface area contributed by atoms with Crippen LogP contribution in [0.5, 0.6) is 5.75 Å². The van der Waals surface area contributed by atoms with E-state index in [1.807, 2.05) is 56.3 Å². The monoisotopic (exact) mass is 349 g/mol. The van der Waals surface area contributed by atoms with Crippen molar-refractivity contribution in [2.45, 2.75) is 20.0 Å². The Morgan fingerprint density at radius 2 is 1.76 bits per heavy atom. The Kier molecular flexibility index (Phi) is 5.65. The lowest BCUT2D eigenvalue weighted by atomic mass is 10.2. The van der Waals surface area contributed by atoms with Gasteiger partial charge < -0.3 is 15.2 Å². The van der Waals surface area contributed by atoms with Gasteiger partial charge in [-0.05, 0) is 59.6 Å². The first-order valence-electron chi connectivity index (χ1n) is 6.92. The standard InChI is InChI=1S/C17H20BrNO2/c1-12-3-6-15(7-4-12)21-11-14(20)10-19-17-9-13(2)5-8-16(17)18/h3-9,14,19-20H,10-11H2,1-2H3. The van der Waals surface area contributed by atoms with E-state index in [1.54, 1.807) is 0 Å². The lowest BCUT2D eigenvalue weighted by Crippen LogP contribution is -2.26. The van der Waals surface area contributed by atoms with Crippen molar-refractivity contribution in [1.29, 1.82) is 0 Å². The first-order chi connectivity index (χ1) is 10.0. The highest BCUT2D eigenvalue weighted by atomic mass is 79.9. The van der Waals surface area contributed by atoms with Crippen LogP contribution in [0.3, 0.4) is 0 Å². The van der Waals surface area contributed by atoms with Crippen molar-refractivity contribution in [2.75, 3.05) is 18.5 Å². The molecule has 0 heterocycles. The van der Waals surface area contributed by atoms with Gasteiger partial charge in [-0.15, -0.1) is 0 Å². The average molecular weight is 350 g/mol. The topological polar surface area (TPSA) is 41.5 Å². The molecule has 21 heavy (non-hydrogen) atoms. The third kappa shape index (κ3) is 5.06. The van der Waals surface area contributed by atoms with Crippen LogP contribution < -0.4 is 10.1 Å². The minimum Gasteiger partial charge on any atom is -0.491 e. The maximum absolute atomic E-state index is 9.98. The van der Waals surface area contributed by atoms with E-state index in [4.69, 9.17) is 4.74 Å². The molecule has 0 saturated carbocycles. The number of aliphatic hydroxyl groups is 1. The van der Waals surface area contributed by atoms with Crippen molar-refractivity contribution < 1.29 is 9.84 Å². The Bertz CT molecular complexity index is 584. The minimum atomic E-state index is -0.571. The van der Waals surface area contributed by atoms with Gasteiger partial charge in [-0.3, -0.25) is 0 Å². The molecule has 112 valence electrons. The fourth-order valence-corrected chi connectivity index (χ4v) is 2.28. The molecular weight excluding hydrogens is 330 g/mol. The molecule has 0 aliphatic carbocycles. The van der Waals surface area contributed by atoms with Crippen molar-refractivity contribution in [3.63, 3.8) is 0 Å². The second kappa shape index (κ2) is 7.48. The number of hydrogen-bond acceptors (Lipinski definition) is 3. The highest BCUT2D eigenvalue weighted by Crippen LogP contribution is 2.23. The molecule has 0 amide bonds. The van der Waals surface area contributed by atoms with Gasteiger partial charge in [0.25, 0.3) is 0 Å². The number of halogens is 1. The average Bonchev–Trinajstić information content (AvgIpc) is 2.47. The zero-order valence-electron chi connectivity index (χ0n) is 12.3. The van der Waals surface area contributed by atoms with Gasteiger partial charge in [-0.1, -0.05) is 23.8 Å². The van der Waals surface area contributed by atoms with Crippen molar-refractivity contribution >= 4 is 21.6 Å². The third-order valence-corrected chi connectivity index (χ3v) is 3.80. The largest absolute Gasteiger partial charge is 0.491 e. The highest BCUT2D eigenvalue weighted by Gasteiger charge is 2.07. The Hall–Kier alpha value is -1.52. The van der Waals surface area contributed by atoms with E-state index < -0.39 is 6.10 Å². The Morgan fingerprint density at radius 3 is 2.48 bits per heavy atom. The van der Waals surface area contributed by atoms with Crippen LogP contribution in [0.4, 0.5) is 5.69 Å². The van der Waals surface area contributed by atoms with Gasteiger partial charge in [-0.2, -0.15) is 0 Å². The number of aliphatic hydroxyl groups excluding tert-OH is 1. The zero-order valence-corrected chi connectivity index (χ0v) is 13.9. The van der Waals surface area contributed by atoms with Crippen molar-refractivity contribution in [3.05, 3.63) is 58.1 Å². The lowest BCUT2D eigenvalue weighted by Gasteiger charge is -2.15. The number of rotatable bonds is 6. The summed E-state index contributed by atoms with van der Waals surface area (Å²) in [7, 11) is 0. The molecule has 2 aromatic rings. The summed E-state index contributed by atoms with van der Waals surface area (Å²) < 4.78 is 6.55. The second-order valence-corrected chi connectivity index (χ2v) is 6.00. The molecule has 1 unspecified atom stereocenters. The summed E-state index contributed by atoms with van der Waals surface area (Å²) in [4.78, 5) is 0. The summed E-state index contributed by atoms with van der Waals surface area (Å²) in [6, 6.07) is 13.9. The number of aryl methyl sites for hydroxylation is 2. The van der Waals surface area contributed by atoms with E-state index in [0.717, 1.165) is 15.9 Å². The molecule has 2 N–H and O–H groups in total. The molecule has 0 aliphatic heterocycles. The highest BCUT2D eigenvalue weighted by molar-refractivity contribution is 9.10. The van der Waals surface area contributed by atoms with Crippen LogP contribution >= 0.6 is 15.9 Å². The van der Waals surface area contributed by atoms with Crippen molar-refractivity contribution in [2.24, 2.45) is 0 Å². The molecule has 0 fully saturated rings. The first kappa shape index (κ1) is 15.9. The van der Waals surface area contributed by atoms with Crippen molar-refractivity contribution in [3.8, 4) is 5.75 Å². The summed E-state index contributed by atoms with van der Waals surface area (Å²) in [6.07, 6.45) is -0.571. The third-order valence-electron chi connectivity index (χ3n) is 3.11. The summed E-state index contributed by atoms with van der Waals surface area (Å²) >= 11 is 3.49. The van der Waals surface area contributed by atoms with E-state index in [-0.39, 0.29) is 6.61 Å². The fourth-order valence-electron chi connectivity index (χ4n) is 1.89. The molecule has 4 heteroatoms. The molecule has 2 rings (SSSR count). The molecule has 3 nitrogen and oxygen atoms in total. The van der Waals surface area contributed by atoms with Gasteiger partial charge in [0, 0.05) is 16.7 Å². The van der Waals surface area contributed by atoms with E-state index >= 15 is 0 Å². The molecule has 1 atom stereocenters. The summed E-state index contributed by atoms with van der Waals surface area (Å²) in [5, 5.41) is 13.2. The first-order valence-corrected chi connectivity index (χ1v) is 7.71. The predicted octanol–water partition coefficient (Wildman–Crippen LogP) is 3.92. The van der Waals surface area contributed by atoms with Crippen LogP contribution in [-0.2, 0) is 0 Å². The van der Waals surface area contributed by atoms with E-state index in [2.05, 4.69) is 21.2 Å². The van der Waals surface area contributed by atoms with Crippen LogP contribution in [0.15, 0.2) is 46.9 Å². The predicted molar refractivity (Wildman–Crippen MR) is 90.0 cm³/mol. The van der Waals surface area contributed by atoms with E-state index in [0.29, 0.717) is 6.54 Å². The molecule has 0 saturated heterocycles. The van der Waals surface area contributed by atoms with E-state index in [1.165, 1.54) is 11.1 Å². The number of ether oxygens (including phenoxy) is 1. The number of anilines is 1. The zero-order chi connectivity index (χ0) is 15.2.